The fourth-order valence-corrected chi connectivity index (χ4v) is 4.01. The maximum Gasteiger partial charge on any atom is 0.233 e. The van der Waals surface area contributed by atoms with Gasteiger partial charge in [-0.05, 0) is 38.5 Å². The van der Waals surface area contributed by atoms with Gasteiger partial charge in [0.1, 0.15) is 0 Å². The van der Waals surface area contributed by atoms with E-state index in [2.05, 4.69) is 21.8 Å². The molecule has 0 spiro atoms. The number of nitrogens with one attached hydrogen (secondary N) is 1. The van der Waals surface area contributed by atoms with Crippen molar-refractivity contribution in [3.8, 4) is 0 Å². The number of hydrogen-bond donors (Lipinski definition) is 1. The number of rotatable bonds is 5. The number of hydrogen-bond acceptors (Lipinski definition) is 3. The molecule has 2 aliphatic carbocycles. The summed E-state index contributed by atoms with van der Waals surface area (Å²) in [5, 5.41) is 4.15. The Labute approximate surface area is 131 Å². The second-order valence-electron chi connectivity index (χ2n) is 6.49. The Hall–Kier alpha value is -0.970. The zero-order valence-corrected chi connectivity index (χ0v) is 13.7. The molecule has 0 radical (unpaired) electrons. The van der Waals surface area contributed by atoms with Crippen LogP contribution in [0.15, 0.2) is 17.6 Å². The summed E-state index contributed by atoms with van der Waals surface area (Å²) in [5.41, 5.74) is 0. The van der Waals surface area contributed by atoms with Crippen molar-refractivity contribution < 1.29 is 4.79 Å². The molecule has 1 aromatic heterocycles. The van der Waals surface area contributed by atoms with Gasteiger partial charge in [0, 0.05) is 24.5 Å². The van der Waals surface area contributed by atoms with Crippen LogP contribution >= 0.6 is 11.8 Å². The van der Waals surface area contributed by atoms with E-state index in [0.29, 0.717) is 18.0 Å². The fraction of sp³-hybridized carbons (Fsp3) is 0.750. The van der Waals surface area contributed by atoms with Crippen LogP contribution in [0.5, 0.6) is 0 Å². The Morgan fingerprint density at radius 1 is 1.38 bits per heavy atom. The Morgan fingerprint density at radius 2 is 2.14 bits per heavy atom. The molecule has 116 valence electrons. The van der Waals surface area contributed by atoms with Crippen molar-refractivity contribution in [3.05, 3.63) is 12.4 Å². The molecule has 1 heterocycles. The van der Waals surface area contributed by atoms with Gasteiger partial charge < -0.3 is 9.88 Å². The number of carbonyl (C=O) groups is 1. The van der Waals surface area contributed by atoms with E-state index in [0.717, 1.165) is 11.6 Å². The van der Waals surface area contributed by atoms with Crippen LogP contribution in [-0.2, 0) is 4.79 Å². The summed E-state index contributed by atoms with van der Waals surface area (Å²) >= 11 is 1.58. The molecule has 0 aliphatic heterocycles. The lowest BCUT2D eigenvalue weighted by molar-refractivity contribution is -0.121. The van der Waals surface area contributed by atoms with E-state index in [1.165, 1.54) is 32.1 Å². The van der Waals surface area contributed by atoms with E-state index in [9.17, 15) is 4.79 Å². The third-order valence-corrected chi connectivity index (χ3v) is 5.76. The lowest BCUT2D eigenvalue weighted by atomic mass is 9.86. The number of carbonyl (C=O) groups excluding carboxylic acids is 1. The van der Waals surface area contributed by atoms with Gasteiger partial charge in [-0.15, -0.1) is 0 Å². The van der Waals surface area contributed by atoms with E-state index in [1.54, 1.807) is 11.8 Å². The number of imidazole rings is 1. The van der Waals surface area contributed by atoms with Gasteiger partial charge in [0.2, 0.25) is 5.91 Å². The summed E-state index contributed by atoms with van der Waals surface area (Å²) in [6, 6.07) is 0.973. The molecule has 5 heteroatoms. The van der Waals surface area contributed by atoms with Gasteiger partial charge in [-0.25, -0.2) is 4.98 Å². The molecule has 0 aromatic carbocycles. The smallest absolute Gasteiger partial charge is 0.233 e. The molecule has 2 aliphatic rings. The van der Waals surface area contributed by atoms with Gasteiger partial charge in [-0.1, -0.05) is 31.5 Å². The highest BCUT2D eigenvalue weighted by Crippen LogP contribution is 2.38. The minimum absolute atomic E-state index is 0.0842. The number of amides is 1. The highest BCUT2D eigenvalue weighted by atomic mass is 32.2. The molecule has 1 aromatic rings. The lowest BCUT2D eigenvalue weighted by Gasteiger charge is -2.30. The van der Waals surface area contributed by atoms with Gasteiger partial charge in [0.25, 0.3) is 0 Å². The molecular weight excluding hydrogens is 282 g/mol. The Bertz CT molecular complexity index is 497. The average molecular weight is 307 g/mol. The second kappa shape index (κ2) is 6.42. The molecule has 0 bridgehead atoms. The normalized spacial score (nSPS) is 27.3. The predicted molar refractivity (Wildman–Crippen MR) is 85.4 cm³/mol. The first-order valence-electron chi connectivity index (χ1n) is 8.15. The van der Waals surface area contributed by atoms with Gasteiger partial charge in [0.15, 0.2) is 5.16 Å². The summed E-state index contributed by atoms with van der Waals surface area (Å²) in [5.74, 6) is 0.762. The van der Waals surface area contributed by atoms with E-state index in [4.69, 9.17) is 0 Å². The number of aromatic nitrogens is 2. The zero-order chi connectivity index (χ0) is 14.8. The Kier molecular flexibility index (Phi) is 4.57. The van der Waals surface area contributed by atoms with Crippen LogP contribution in [-0.4, -0.2) is 26.8 Å². The Morgan fingerprint density at radius 3 is 2.86 bits per heavy atom. The minimum Gasteiger partial charge on any atom is -0.352 e. The molecule has 21 heavy (non-hydrogen) atoms. The maximum atomic E-state index is 12.4. The van der Waals surface area contributed by atoms with Gasteiger partial charge >= 0.3 is 0 Å². The molecule has 2 fully saturated rings. The van der Waals surface area contributed by atoms with Crippen molar-refractivity contribution in [2.45, 2.75) is 74.9 Å². The monoisotopic (exact) mass is 307 g/mol. The van der Waals surface area contributed by atoms with Crippen LogP contribution in [0.3, 0.4) is 0 Å². The molecule has 2 saturated carbocycles. The van der Waals surface area contributed by atoms with Crippen molar-refractivity contribution in [3.63, 3.8) is 0 Å². The molecule has 1 amide bonds. The first-order valence-corrected chi connectivity index (χ1v) is 9.03. The summed E-state index contributed by atoms with van der Waals surface area (Å²) in [6.07, 6.45) is 11.3. The molecule has 3 atom stereocenters. The largest absolute Gasteiger partial charge is 0.352 e. The lowest BCUT2D eigenvalue weighted by Crippen LogP contribution is -2.44. The Balaban J connectivity index is 1.55. The third kappa shape index (κ3) is 3.62. The highest BCUT2D eigenvalue weighted by molar-refractivity contribution is 8.00. The van der Waals surface area contributed by atoms with Crippen molar-refractivity contribution in [1.82, 2.24) is 14.9 Å². The van der Waals surface area contributed by atoms with Crippen molar-refractivity contribution >= 4 is 17.7 Å². The minimum atomic E-state index is -0.0842. The first kappa shape index (κ1) is 14.9. The zero-order valence-electron chi connectivity index (χ0n) is 12.9. The van der Waals surface area contributed by atoms with Gasteiger partial charge in [0.05, 0.1) is 5.25 Å². The first-order chi connectivity index (χ1) is 10.1. The van der Waals surface area contributed by atoms with E-state index in [1.807, 2.05) is 19.3 Å². The maximum absolute atomic E-state index is 12.4. The van der Waals surface area contributed by atoms with Crippen LogP contribution in [0.25, 0.3) is 0 Å². The van der Waals surface area contributed by atoms with Crippen LogP contribution < -0.4 is 5.32 Å². The van der Waals surface area contributed by atoms with Crippen LogP contribution in [0, 0.1) is 5.92 Å². The summed E-state index contributed by atoms with van der Waals surface area (Å²) in [6.45, 7) is 4.24. The van der Waals surface area contributed by atoms with Gasteiger partial charge in [-0.2, -0.15) is 0 Å². The molecule has 3 unspecified atom stereocenters. The standard InChI is InChI=1S/C16H25N3OS/c1-11-5-3-4-6-14(11)18-15(20)12(2)21-16-17-9-10-19(16)13-7-8-13/h9-14H,3-8H2,1-2H3,(H,18,20). The average Bonchev–Trinajstić information content (AvgIpc) is 3.21. The topological polar surface area (TPSA) is 46.9 Å². The van der Waals surface area contributed by atoms with Crippen molar-refractivity contribution in [2.75, 3.05) is 0 Å². The molecule has 0 saturated heterocycles. The van der Waals surface area contributed by atoms with E-state index >= 15 is 0 Å². The molecule has 4 nitrogen and oxygen atoms in total. The predicted octanol–water partition coefficient (Wildman–Crippen LogP) is 3.39. The van der Waals surface area contributed by atoms with E-state index < -0.39 is 0 Å². The quantitative estimate of drug-likeness (QED) is 0.848. The van der Waals surface area contributed by atoms with Crippen molar-refractivity contribution in [1.29, 1.82) is 0 Å². The van der Waals surface area contributed by atoms with E-state index in [-0.39, 0.29) is 11.2 Å². The van der Waals surface area contributed by atoms with Crippen LogP contribution in [0.4, 0.5) is 0 Å². The summed E-state index contributed by atoms with van der Waals surface area (Å²) < 4.78 is 2.22. The number of nitrogens with zero attached hydrogens (tertiary/aromatic N) is 2. The van der Waals surface area contributed by atoms with Crippen molar-refractivity contribution in [2.24, 2.45) is 5.92 Å². The van der Waals surface area contributed by atoms with Crippen LogP contribution in [0.2, 0.25) is 0 Å². The van der Waals surface area contributed by atoms with Crippen LogP contribution in [0.1, 0.15) is 58.4 Å². The summed E-state index contributed by atoms with van der Waals surface area (Å²) in [7, 11) is 0. The molecule has 3 rings (SSSR count). The second-order valence-corrected chi connectivity index (χ2v) is 7.79. The fourth-order valence-electron chi connectivity index (χ4n) is 3.06. The number of thioether (sulfide) groups is 1. The van der Waals surface area contributed by atoms with Gasteiger partial charge in [-0.3, -0.25) is 4.79 Å². The highest BCUT2D eigenvalue weighted by Gasteiger charge is 2.28. The third-order valence-electron chi connectivity index (χ3n) is 4.66. The SMILES string of the molecule is CC(Sc1nccn1C1CC1)C(=O)NC1CCCCC1C. The summed E-state index contributed by atoms with van der Waals surface area (Å²) in [4.78, 5) is 16.8. The molecular formula is C16H25N3OS. The molecule has 1 N–H and O–H groups in total.